The van der Waals surface area contributed by atoms with Gasteiger partial charge < -0.3 is 4.98 Å². The third kappa shape index (κ3) is 1.35. The lowest BCUT2D eigenvalue weighted by molar-refractivity contribution is 0.836. The lowest BCUT2D eigenvalue weighted by Crippen LogP contribution is -1.85. The van der Waals surface area contributed by atoms with E-state index >= 15 is 0 Å². The third-order valence-electron chi connectivity index (χ3n) is 2.51. The molecule has 0 aliphatic rings. The maximum Gasteiger partial charge on any atom is 0.0485 e. The number of H-pyrrole nitrogens is 1. The highest BCUT2D eigenvalue weighted by atomic mass is 14.7. The van der Waals surface area contributed by atoms with Gasteiger partial charge in [-0.05, 0) is 29.9 Å². The average Bonchev–Trinajstić information content (AvgIpc) is 2.49. The van der Waals surface area contributed by atoms with Crippen LogP contribution in [-0.2, 0) is 0 Å². The second-order valence-electron chi connectivity index (χ2n) is 3.92. The van der Waals surface area contributed by atoms with E-state index in [-0.39, 0.29) is 0 Å². The maximum absolute atomic E-state index is 3.46. The van der Waals surface area contributed by atoms with Crippen molar-refractivity contribution in [2.24, 2.45) is 0 Å². The predicted octanol–water partition coefficient (Wildman–Crippen LogP) is 3.60. The van der Waals surface area contributed by atoms with E-state index in [1.165, 1.54) is 22.2 Å². The van der Waals surface area contributed by atoms with E-state index in [0.717, 1.165) is 0 Å². The summed E-state index contributed by atoms with van der Waals surface area (Å²) in [5.41, 5.74) is 3.93. The standard InChI is InChI=1S/C12H15N/c1-8(2)11-7-10-6-4-5-9(3)12(10)13-11/h4-8,13H,1-3H3. The highest BCUT2D eigenvalue weighted by Crippen LogP contribution is 2.22. The van der Waals surface area contributed by atoms with Gasteiger partial charge in [0.2, 0.25) is 0 Å². The van der Waals surface area contributed by atoms with Crippen molar-refractivity contribution in [1.29, 1.82) is 0 Å². The predicted molar refractivity (Wildman–Crippen MR) is 57.1 cm³/mol. The highest BCUT2D eigenvalue weighted by Gasteiger charge is 2.04. The fourth-order valence-electron chi connectivity index (χ4n) is 1.64. The van der Waals surface area contributed by atoms with Crippen molar-refractivity contribution in [2.45, 2.75) is 26.7 Å². The number of aromatic nitrogens is 1. The summed E-state index contributed by atoms with van der Waals surface area (Å²) in [6, 6.07) is 8.65. The van der Waals surface area contributed by atoms with Crippen LogP contribution in [0, 0.1) is 6.92 Å². The molecule has 0 unspecified atom stereocenters. The average molecular weight is 173 g/mol. The molecular formula is C12H15N. The summed E-state index contributed by atoms with van der Waals surface area (Å²) in [4.78, 5) is 3.46. The molecule has 1 heteroatoms. The summed E-state index contributed by atoms with van der Waals surface area (Å²) < 4.78 is 0. The number of rotatable bonds is 1. The number of benzene rings is 1. The number of hydrogen-bond acceptors (Lipinski definition) is 0. The number of aryl methyl sites for hydroxylation is 1. The lowest BCUT2D eigenvalue weighted by atomic mass is 10.1. The Morgan fingerprint density at radius 2 is 2.00 bits per heavy atom. The van der Waals surface area contributed by atoms with E-state index in [9.17, 15) is 0 Å². The van der Waals surface area contributed by atoms with E-state index < -0.39 is 0 Å². The Balaban J connectivity index is 2.68. The van der Waals surface area contributed by atoms with Crippen molar-refractivity contribution >= 4 is 10.9 Å². The van der Waals surface area contributed by atoms with Crippen LogP contribution in [0.3, 0.4) is 0 Å². The van der Waals surface area contributed by atoms with Gasteiger partial charge in [-0.1, -0.05) is 32.0 Å². The quantitative estimate of drug-likeness (QED) is 0.678. The molecule has 1 heterocycles. The molecule has 1 aromatic carbocycles. The van der Waals surface area contributed by atoms with Crippen LogP contribution in [-0.4, -0.2) is 4.98 Å². The smallest absolute Gasteiger partial charge is 0.0485 e. The summed E-state index contributed by atoms with van der Waals surface area (Å²) in [7, 11) is 0. The Morgan fingerprint density at radius 3 is 2.62 bits per heavy atom. The molecule has 2 aromatic rings. The molecule has 68 valence electrons. The number of fused-ring (bicyclic) bond motifs is 1. The molecule has 1 nitrogen and oxygen atoms in total. The van der Waals surface area contributed by atoms with Crippen LogP contribution >= 0.6 is 0 Å². The Kier molecular flexibility index (Phi) is 1.87. The fraction of sp³-hybridized carbons (Fsp3) is 0.333. The largest absolute Gasteiger partial charge is 0.358 e. The monoisotopic (exact) mass is 173 g/mol. The van der Waals surface area contributed by atoms with Crippen LogP contribution in [0.2, 0.25) is 0 Å². The summed E-state index contributed by atoms with van der Waals surface area (Å²) >= 11 is 0. The minimum atomic E-state index is 0.576. The topological polar surface area (TPSA) is 15.8 Å². The van der Waals surface area contributed by atoms with E-state index in [2.05, 4.69) is 50.0 Å². The number of nitrogens with one attached hydrogen (secondary N) is 1. The molecule has 0 saturated carbocycles. The number of aromatic amines is 1. The van der Waals surface area contributed by atoms with E-state index in [1.807, 2.05) is 0 Å². The zero-order chi connectivity index (χ0) is 9.42. The van der Waals surface area contributed by atoms with Gasteiger partial charge in [0.15, 0.2) is 0 Å². The van der Waals surface area contributed by atoms with Crippen molar-refractivity contribution < 1.29 is 0 Å². The van der Waals surface area contributed by atoms with Gasteiger partial charge in [-0.2, -0.15) is 0 Å². The Bertz CT molecular complexity index is 424. The second-order valence-corrected chi connectivity index (χ2v) is 3.92. The number of para-hydroxylation sites is 1. The highest BCUT2D eigenvalue weighted by molar-refractivity contribution is 5.83. The Morgan fingerprint density at radius 1 is 1.23 bits per heavy atom. The zero-order valence-corrected chi connectivity index (χ0v) is 8.39. The first-order valence-electron chi connectivity index (χ1n) is 4.76. The Hall–Kier alpha value is -1.24. The fourth-order valence-corrected chi connectivity index (χ4v) is 1.64. The lowest BCUT2D eigenvalue weighted by Gasteiger charge is -1.98. The van der Waals surface area contributed by atoms with Crippen molar-refractivity contribution in [1.82, 2.24) is 4.98 Å². The van der Waals surface area contributed by atoms with E-state index in [1.54, 1.807) is 0 Å². The zero-order valence-electron chi connectivity index (χ0n) is 8.39. The molecule has 1 aromatic heterocycles. The first-order chi connectivity index (χ1) is 6.18. The van der Waals surface area contributed by atoms with E-state index in [0.29, 0.717) is 5.92 Å². The molecule has 13 heavy (non-hydrogen) atoms. The minimum absolute atomic E-state index is 0.576. The molecule has 0 atom stereocenters. The van der Waals surface area contributed by atoms with Crippen molar-refractivity contribution in [2.75, 3.05) is 0 Å². The van der Waals surface area contributed by atoms with Crippen molar-refractivity contribution in [3.63, 3.8) is 0 Å². The van der Waals surface area contributed by atoms with Gasteiger partial charge in [-0.25, -0.2) is 0 Å². The molecule has 0 fully saturated rings. The SMILES string of the molecule is Cc1cccc2cc(C(C)C)[nH]c12. The molecule has 0 radical (unpaired) electrons. The third-order valence-corrected chi connectivity index (χ3v) is 2.51. The summed E-state index contributed by atoms with van der Waals surface area (Å²) in [6.45, 7) is 6.56. The summed E-state index contributed by atoms with van der Waals surface area (Å²) in [5, 5.41) is 1.32. The molecule has 0 aliphatic heterocycles. The van der Waals surface area contributed by atoms with Gasteiger partial charge in [0.05, 0.1) is 0 Å². The van der Waals surface area contributed by atoms with Gasteiger partial charge in [-0.15, -0.1) is 0 Å². The number of hydrogen-bond donors (Lipinski definition) is 1. The molecule has 0 amide bonds. The molecule has 1 N–H and O–H groups in total. The molecule has 0 spiro atoms. The molecule has 2 rings (SSSR count). The maximum atomic E-state index is 3.46. The van der Waals surface area contributed by atoms with Crippen LogP contribution in [0.1, 0.15) is 31.0 Å². The van der Waals surface area contributed by atoms with Crippen LogP contribution in [0.5, 0.6) is 0 Å². The summed E-state index contributed by atoms with van der Waals surface area (Å²) in [5.74, 6) is 0.576. The van der Waals surface area contributed by atoms with Crippen molar-refractivity contribution in [3.8, 4) is 0 Å². The first kappa shape index (κ1) is 8.36. The van der Waals surface area contributed by atoms with E-state index in [4.69, 9.17) is 0 Å². The normalized spacial score (nSPS) is 11.4. The minimum Gasteiger partial charge on any atom is -0.358 e. The summed E-state index contributed by atoms with van der Waals surface area (Å²) in [6.07, 6.45) is 0. The molecule has 0 bridgehead atoms. The van der Waals surface area contributed by atoms with Gasteiger partial charge in [0.1, 0.15) is 0 Å². The first-order valence-corrected chi connectivity index (χ1v) is 4.76. The van der Waals surface area contributed by atoms with Crippen LogP contribution in [0.25, 0.3) is 10.9 Å². The van der Waals surface area contributed by atoms with Gasteiger partial charge >= 0.3 is 0 Å². The van der Waals surface area contributed by atoms with Gasteiger partial charge in [0, 0.05) is 11.2 Å². The van der Waals surface area contributed by atoms with Crippen molar-refractivity contribution in [3.05, 3.63) is 35.5 Å². The van der Waals surface area contributed by atoms with Crippen LogP contribution in [0.4, 0.5) is 0 Å². The van der Waals surface area contributed by atoms with Gasteiger partial charge in [0.25, 0.3) is 0 Å². The van der Waals surface area contributed by atoms with Crippen LogP contribution < -0.4 is 0 Å². The molecular weight excluding hydrogens is 158 g/mol. The van der Waals surface area contributed by atoms with Gasteiger partial charge in [-0.3, -0.25) is 0 Å². The molecule has 0 saturated heterocycles. The second kappa shape index (κ2) is 2.91. The molecule has 0 aliphatic carbocycles. The Labute approximate surface area is 78.8 Å². The van der Waals surface area contributed by atoms with Crippen LogP contribution in [0.15, 0.2) is 24.3 Å².